The molecule has 0 unspecified atom stereocenters. The Morgan fingerprint density at radius 2 is 1.73 bits per heavy atom. The van der Waals surface area contributed by atoms with Crippen LogP contribution in [0.25, 0.3) is 5.69 Å². The number of hydrogen-bond acceptors (Lipinski definition) is 5. The first kappa shape index (κ1) is 18.1. The lowest BCUT2D eigenvalue weighted by molar-refractivity contribution is -0.113. The number of carbonyl (C=O) groups excluding carboxylic acids is 1. The van der Waals surface area contributed by atoms with Gasteiger partial charge in [0, 0.05) is 5.69 Å². The number of nitrogens with one attached hydrogen (secondary N) is 1. The number of carbonyl (C=O) groups is 1. The maximum atomic E-state index is 12.3. The van der Waals surface area contributed by atoms with E-state index in [1.165, 1.54) is 11.8 Å². The van der Waals surface area contributed by atoms with Crippen molar-refractivity contribution in [1.29, 1.82) is 0 Å². The van der Waals surface area contributed by atoms with Crippen LogP contribution in [-0.2, 0) is 4.79 Å². The van der Waals surface area contributed by atoms with Gasteiger partial charge in [-0.05, 0) is 72.5 Å². The summed E-state index contributed by atoms with van der Waals surface area (Å²) in [6.07, 6.45) is 0. The molecular weight excluding hydrogens is 346 g/mol. The average molecular weight is 367 g/mol. The second-order valence-electron chi connectivity index (χ2n) is 6.33. The summed E-state index contributed by atoms with van der Waals surface area (Å²) in [5.74, 6) is 0.147. The van der Waals surface area contributed by atoms with Crippen LogP contribution in [0.2, 0.25) is 0 Å². The molecule has 7 heteroatoms. The Morgan fingerprint density at radius 3 is 2.38 bits per heavy atom. The molecule has 0 aliphatic carbocycles. The summed E-state index contributed by atoms with van der Waals surface area (Å²) in [5, 5.41) is 15.5. The van der Waals surface area contributed by atoms with E-state index in [9.17, 15) is 4.79 Å². The summed E-state index contributed by atoms with van der Waals surface area (Å²) in [6, 6.07) is 12.0. The van der Waals surface area contributed by atoms with Crippen LogP contribution in [0, 0.1) is 27.7 Å². The van der Waals surface area contributed by atoms with Gasteiger partial charge >= 0.3 is 0 Å². The molecular formula is C19H21N5OS. The maximum Gasteiger partial charge on any atom is 0.234 e. The lowest BCUT2D eigenvalue weighted by Crippen LogP contribution is -2.15. The van der Waals surface area contributed by atoms with Crippen LogP contribution in [0.3, 0.4) is 0 Å². The molecule has 1 aromatic heterocycles. The molecule has 0 bridgehead atoms. The zero-order valence-electron chi connectivity index (χ0n) is 15.3. The Balaban J connectivity index is 1.71. The molecule has 0 radical (unpaired) electrons. The third kappa shape index (κ3) is 4.11. The molecule has 6 nitrogen and oxygen atoms in total. The number of aryl methyl sites for hydroxylation is 4. The van der Waals surface area contributed by atoms with Crippen molar-refractivity contribution in [1.82, 2.24) is 20.2 Å². The van der Waals surface area contributed by atoms with Crippen molar-refractivity contribution in [3.63, 3.8) is 0 Å². The number of hydrogen-bond donors (Lipinski definition) is 1. The van der Waals surface area contributed by atoms with Gasteiger partial charge in [0.25, 0.3) is 0 Å². The number of amides is 1. The maximum absolute atomic E-state index is 12.3. The number of para-hydroxylation sites is 1. The quantitative estimate of drug-likeness (QED) is 0.697. The van der Waals surface area contributed by atoms with Crippen LogP contribution in [0.15, 0.2) is 41.6 Å². The number of rotatable bonds is 5. The van der Waals surface area contributed by atoms with Crippen LogP contribution < -0.4 is 5.32 Å². The van der Waals surface area contributed by atoms with E-state index in [0.717, 1.165) is 33.6 Å². The summed E-state index contributed by atoms with van der Waals surface area (Å²) >= 11 is 1.32. The lowest BCUT2D eigenvalue weighted by Gasteiger charge is -2.11. The fourth-order valence-electron chi connectivity index (χ4n) is 2.92. The highest BCUT2D eigenvalue weighted by Crippen LogP contribution is 2.23. The van der Waals surface area contributed by atoms with Crippen molar-refractivity contribution < 1.29 is 4.79 Å². The molecule has 1 N–H and O–H groups in total. The molecule has 1 heterocycles. The third-order valence-electron chi connectivity index (χ3n) is 3.93. The van der Waals surface area contributed by atoms with Crippen molar-refractivity contribution in [2.75, 3.05) is 11.1 Å². The Labute approximate surface area is 157 Å². The van der Waals surface area contributed by atoms with Crippen LogP contribution in [0.5, 0.6) is 0 Å². The standard InChI is InChI=1S/C19H21N5OS/c1-12-8-13(2)10-16(9-12)20-17(25)11-26-19-21-22-23-24(19)18-14(3)6-5-7-15(18)4/h5-10H,11H2,1-4H3,(H,20,25). The van der Waals surface area contributed by atoms with E-state index in [-0.39, 0.29) is 11.7 Å². The molecule has 0 saturated carbocycles. The summed E-state index contributed by atoms with van der Waals surface area (Å²) in [5.41, 5.74) is 6.16. The van der Waals surface area contributed by atoms with Gasteiger partial charge in [0.05, 0.1) is 11.4 Å². The number of tetrazole rings is 1. The SMILES string of the molecule is Cc1cc(C)cc(NC(=O)CSc2nnnn2-c2c(C)cccc2C)c1. The third-order valence-corrected chi connectivity index (χ3v) is 4.85. The van der Waals surface area contributed by atoms with Gasteiger partial charge in [-0.3, -0.25) is 4.79 Å². The van der Waals surface area contributed by atoms with Crippen LogP contribution in [0.4, 0.5) is 5.69 Å². The zero-order chi connectivity index (χ0) is 18.7. The first-order chi connectivity index (χ1) is 12.4. The topological polar surface area (TPSA) is 72.7 Å². The fourth-order valence-corrected chi connectivity index (χ4v) is 3.60. The fraction of sp³-hybridized carbons (Fsp3) is 0.263. The van der Waals surface area contributed by atoms with E-state index in [1.54, 1.807) is 4.68 Å². The van der Waals surface area contributed by atoms with E-state index >= 15 is 0 Å². The molecule has 0 aliphatic rings. The Bertz CT molecular complexity index is 910. The lowest BCUT2D eigenvalue weighted by atomic mass is 10.1. The number of benzene rings is 2. The Kier molecular flexibility index (Phi) is 5.37. The minimum Gasteiger partial charge on any atom is -0.325 e. The smallest absolute Gasteiger partial charge is 0.234 e. The van der Waals surface area contributed by atoms with E-state index < -0.39 is 0 Å². The van der Waals surface area contributed by atoms with Crippen molar-refractivity contribution in [3.05, 3.63) is 58.7 Å². The van der Waals surface area contributed by atoms with E-state index in [4.69, 9.17) is 0 Å². The monoisotopic (exact) mass is 367 g/mol. The van der Waals surface area contributed by atoms with Gasteiger partial charge in [0.15, 0.2) is 0 Å². The second-order valence-corrected chi connectivity index (χ2v) is 7.27. The normalized spacial score (nSPS) is 10.8. The Hall–Kier alpha value is -2.67. The zero-order valence-corrected chi connectivity index (χ0v) is 16.1. The molecule has 3 aromatic rings. The van der Waals surface area contributed by atoms with Gasteiger partial charge in [-0.15, -0.1) is 5.10 Å². The minimum atomic E-state index is -0.0870. The van der Waals surface area contributed by atoms with E-state index in [0.29, 0.717) is 5.16 Å². The molecule has 0 aliphatic heterocycles. The average Bonchev–Trinajstić information content (AvgIpc) is 3.00. The molecule has 2 aromatic carbocycles. The largest absolute Gasteiger partial charge is 0.325 e. The minimum absolute atomic E-state index is 0.0870. The van der Waals surface area contributed by atoms with Crippen molar-refractivity contribution in [2.24, 2.45) is 0 Å². The molecule has 1 amide bonds. The molecule has 0 fully saturated rings. The second kappa shape index (κ2) is 7.70. The van der Waals surface area contributed by atoms with Gasteiger partial charge in [-0.1, -0.05) is 36.0 Å². The van der Waals surface area contributed by atoms with Crippen LogP contribution in [0.1, 0.15) is 22.3 Å². The van der Waals surface area contributed by atoms with Crippen LogP contribution in [-0.4, -0.2) is 31.9 Å². The van der Waals surface area contributed by atoms with Gasteiger partial charge in [-0.2, -0.15) is 4.68 Å². The van der Waals surface area contributed by atoms with Crippen molar-refractivity contribution >= 4 is 23.4 Å². The molecule has 26 heavy (non-hydrogen) atoms. The van der Waals surface area contributed by atoms with Gasteiger partial charge in [0.2, 0.25) is 11.1 Å². The number of thioether (sulfide) groups is 1. The highest BCUT2D eigenvalue weighted by Gasteiger charge is 2.15. The first-order valence-electron chi connectivity index (χ1n) is 8.30. The number of aromatic nitrogens is 4. The molecule has 0 saturated heterocycles. The van der Waals surface area contributed by atoms with E-state index in [1.807, 2.05) is 58.0 Å². The summed E-state index contributed by atoms with van der Waals surface area (Å²) in [4.78, 5) is 12.3. The number of nitrogens with zero attached hydrogens (tertiary/aromatic N) is 4. The predicted molar refractivity (Wildman–Crippen MR) is 104 cm³/mol. The highest BCUT2D eigenvalue weighted by atomic mass is 32.2. The molecule has 0 spiro atoms. The van der Waals surface area contributed by atoms with Gasteiger partial charge < -0.3 is 5.32 Å². The summed E-state index contributed by atoms with van der Waals surface area (Å²) in [7, 11) is 0. The molecule has 134 valence electrons. The van der Waals surface area contributed by atoms with E-state index in [2.05, 4.69) is 26.9 Å². The van der Waals surface area contributed by atoms with Crippen molar-refractivity contribution in [2.45, 2.75) is 32.9 Å². The summed E-state index contributed by atoms with van der Waals surface area (Å²) in [6.45, 7) is 8.06. The van der Waals surface area contributed by atoms with Gasteiger partial charge in [0.1, 0.15) is 0 Å². The summed E-state index contributed by atoms with van der Waals surface area (Å²) < 4.78 is 1.69. The predicted octanol–water partition coefficient (Wildman–Crippen LogP) is 3.63. The Morgan fingerprint density at radius 1 is 1.08 bits per heavy atom. The van der Waals surface area contributed by atoms with Crippen LogP contribution >= 0.6 is 11.8 Å². The number of anilines is 1. The van der Waals surface area contributed by atoms with Crippen molar-refractivity contribution in [3.8, 4) is 5.69 Å². The molecule has 0 atom stereocenters. The molecule has 3 rings (SSSR count). The first-order valence-corrected chi connectivity index (χ1v) is 9.28. The highest BCUT2D eigenvalue weighted by molar-refractivity contribution is 7.99. The van der Waals surface area contributed by atoms with Gasteiger partial charge in [-0.25, -0.2) is 0 Å².